The van der Waals surface area contributed by atoms with Crippen molar-refractivity contribution in [3.8, 4) is 0 Å². The fourth-order valence-corrected chi connectivity index (χ4v) is 5.26. The molecule has 0 aromatic carbocycles. The van der Waals surface area contributed by atoms with Crippen LogP contribution in [-0.2, 0) is 19.0 Å². The number of ether oxygens (including phenoxy) is 3. The van der Waals surface area contributed by atoms with Gasteiger partial charge in [-0.05, 0) is 12.3 Å². The third-order valence-corrected chi connectivity index (χ3v) is 7.87. The Hall–Kier alpha value is -0.930. The lowest BCUT2D eigenvalue weighted by atomic mass is 9.84. The molecular weight excluding hydrogens is 528 g/mol. The number of unbranched alkanes of at least 4 members (excludes halogenated alkanes) is 9. The maximum Gasteiger partial charge on any atom is 0.306 e. The van der Waals surface area contributed by atoms with E-state index in [1.165, 1.54) is 38.5 Å². The second kappa shape index (κ2) is 17.9. The van der Waals surface area contributed by atoms with Crippen LogP contribution in [0.15, 0.2) is 0 Å². The molecule has 0 spiro atoms. The van der Waals surface area contributed by atoms with Crippen molar-refractivity contribution < 1.29 is 59.9 Å². The van der Waals surface area contributed by atoms with Crippen molar-refractivity contribution >= 4 is 5.97 Å². The van der Waals surface area contributed by atoms with Gasteiger partial charge in [0, 0.05) is 6.42 Å². The fourth-order valence-electron chi connectivity index (χ4n) is 5.26. The molecule has 2 rings (SSSR count). The van der Waals surface area contributed by atoms with E-state index in [0.29, 0.717) is 6.42 Å². The van der Waals surface area contributed by atoms with Crippen molar-refractivity contribution in [1.82, 2.24) is 0 Å². The van der Waals surface area contributed by atoms with Gasteiger partial charge in [0.15, 0.2) is 12.4 Å². The van der Waals surface area contributed by atoms with Gasteiger partial charge in [-0.3, -0.25) is 4.79 Å². The number of hydrogen-bond donors (Lipinski definition) is 8. The van der Waals surface area contributed by atoms with E-state index >= 15 is 0 Å². The molecule has 1 saturated heterocycles. The Bertz CT molecular complexity index is 707. The second-order valence-corrected chi connectivity index (χ2v) is 11.7. The molecule has 0 radical (unpaired) electrons. The summed E-state index contributed by atoms with van der Waals surface area (Å²) in [5.74, 6) is 0.0611. The predicted molar refractivity (Wildman–Crippen MR) is 143 cm³/mol. The Labute approximate surface area is 236 Å². The first-order valence-electron chi connectivity index (χ1n) is 14.9. The van der Waals surface area contributed by atoms with E-state index in [9.17, 15) is 45.6 Å². The second-order valence-electron chi connectivity index (χ2n) is 11.7. The lowest BCUT2D eigenvalue weighted by Crippen LogP contribution is -2.67. The van der Waals surface area contributed by atoms with E-state index in [2.05, 4.69) is 13.8 Å². The molecule has 11 atom stereocenters. The molecule has 40 heavy (non-hydrogen) atoms. The highest BCUT2D eigenvalue weighted by Crippen LogP contribution is 2.31. The van der Waals surface area contributed by atoms with Gasteiger partial charge in [0.05, 0.1) is 6.61 Å². The minimum atomic E-state index is -1.88. The molecule has 0 aromatic rings. The molecule has 1 saturated carbocycles. The van der Waals surface area contributed by atoms with Crippen LogP contribution in [0.1, 0.15) is 90.9 Å². The van der Waals surface area contributed by atoms with Crippen molar-refractivity contribution in [3.63, 3.8) is 0 Å². The number of aliphatic hydroxyl groups excluding tert-OH is 8. The summed E-state index contributed by atoms with van der Waals surface area (Å²) < 4.78 is 16.1. The summed E-state index contributed by atoms with van der Waals surface area (Å²) in [5.41, 5.74) is 0. The van der Waals surface area contributed by atoms with E-state index in [4.69, 9.17) is 14.2 Å². The number of esters is 1. The summed E-state index contributed by atoms with van der Waals surface area (Å²) in [4.78, 5) is 12.5. The van der Waals surface area contributed by atoms with Gasteiger partial charge in [0.25, 0.3) is 0 Å². The van der Waals surface area contributed by atoms with E-state index < -0.39 is 79.9 Å². The first kappa shape index (κ1) is 35.3. The summed E-state index contributed by atoms with van der Waals surface area (Å²) in [7, 11) is 0. The zero-order valence-electron chi connectivity index (χ0n) is 23.8. The van der Waals surface area contributed by atoms with Crippen molar-refractivity contribution in [2.24, 2.45) is 5.92 Å². The lowest BCUT2D eigenvalue weighted by Gasteiger charge is -2.46. The third-order valence-electron chi connectivity index (χ3n) is 7.87. The third kappa shape index (κ3) is 10.4. The minimum Gasteiger partial charge on any atom is -0.457 e. The standard InChI is InChI=1S/C28H52O12/c1-16(2)13-11-9-7-5-3-4-6-8-10-12-14-18(30)39-26-23(35)21(33)22(34)24(36)27(26)40-28-25(37)20(32)19(31)17(15-29)38-28/h16-17,19-29,31-37H,3-15H2,1-2H3/t17-,19-,20+,21+,22+,23-,24-,25+,26-,27+,28+/m1/s1. The zero-order chi connectivity index (χ0) is 29.8. The highest BCUT2D eigenvalue weighted by Gasteiger charge is 2.54. The summed E-state index contributed by atoms with van der Waals surface area (Å²) in [6, 6.07) is 0. The van der Waals surface area contributed by atoms with Crippen LogP contribution in [0.5, 0.6) is 0 Å². The minimum absolute atomic E-state index is 0.0284. The number of aliphatic hydroxyl groups is 8. The Morgan fingerprint density at radius 3 is 1.65 bits per heavy atom. The highest BCUT2D eigenvalue weighted by atomic mass is 16.7. The molecule has 2 aliphatic rings. The lowest BCUT2D eigenvalue weighted by molar-refractivity contribution is -0.340. The first-order chi connectivity index (χ1) is 19.0. The maximum absolute atomic E-state index is 12.5. The Morgan fingerprint density at radius 2 is 1.12 bits per heavy atom. The Kier molecular flexibility index (Phi) is 15.8. The van der Waals surface area contributed by atoms with Crippen LogP contribution in [-0.4, -0.2) is 121 Å². The Balaban J connectivity index is 1.79. The summed E-state index contributed by atoms with van der Waals surface area (Å²) >= 11 is 0. The number of carbonyl (C=O) groups excluding carboxylic acids is 1. The fraction of sp³-hybridized carbons (Fsp3) is 0.964. The van der Waals surface area contributed by atoms with Crippen LogP contribution in [0.4, 0.5) is 0 Å². The molecule has 1 heterocycles. The number of rotatable bonds is 17. The van der Waals surface area contributed by atoms with E-state index in [1.807, 2.05) is 0 Å². The van der Waals surface area contributed by atoms with E-state index in [-0.39, 0.29) is 6.42 Å². The molecule has 1 aliphatic carbocycles. The van der Waals surface area contributed by atoms with Crippen LogP contribution >= 0.6 is 0 Å². The van der Waals surface area contributed by atoms with Gasteiger partial charge in [-0.2, -0.15) is 0 Å². The van der Waals surface area contributed by atoms with Crippen LogP contribution in [0.25, 0.3) is 0 Å². The van der Waals surface area contributed by atoms with Crippen molar-refractivity contribution in [3.05, 3.63) is 0 Å². The van der Waals surface area contributed by atoms with E-state index in [1.54, 1.807) is 0 Å². The average Bonchev–Trinajstić information content (AvgIpc) is 2.92. The monoisotopic (exact) mass is 580 g/mol. The molecular formula is C28H52O12. The summed E-state index contributed by atoms with van der Waals surface area (Å²) in [5, 5.41) is 80.9. The molecule has 8 N–H and O–H groups in total. The van der Waals surface area contributed by atoms with Crippen molar-refractivity contribution in [2.45, 2.75) is 158 Å². The predicted octanol–water partition coefficient (Wildman–Crippen LogP) is -0.122. The molecule has 0 unspecified atom stereocenters. The highest BCUT2D eigenvalue weighted by molar-refractivity contribution is 5.69. The van der Waals surface area contributed by atoms with Gasteiger partial charge < -0.3 is 55.1 Å². The van der Waals surface area contributed by atoms with Crippen LogP contribution in [0.3, 0.4) is 0 Å². The van der Waals surface area contributed by atoms with Gasteiger partial charge in [-0.25, -0.2) is 0 Å². The molecule has 12 heteroatoms. The van der Waals surface area contributed by atoms with Crippen LogP contribution in [0.2, 0.25) is 0 Å². The van der Waals surface area contributed by atoms with Crippen LogP contribution in [0, 0.1) is 5.92 Å². The normalized spacial score (nSPS) is 36.6. The smallest absolute Gasteiger partial charge is 0.306 e. The van der Waals surface area contributed by atoms with Gasteiger partial charge in [-0.15, -0.1) is 0 Å². The van der Waals surface area contributed by atoms with Crippen molar-refractivity contribution in [2.75, 3.05) is 6.61 Å². The largest absolute Gasteiger partial charge is 0.457 e. The quantitative estimate of drug-likeness (QED) is 0.0837. The molecule has 236 valence electrons. The molecule has 0 bridgehead atoms. The van der Waals surface area contributed by atoms with Gasteiger partial charge >= 0.3 is 5.97 Å². The molecule has 12 nitrogen and oxygen atoms in total. The van der Waals surface area contributed by atoms with E-state index in [0.717, 1.165) is 31.6 Å². The van der Waals surface area contributed by atoms with Gasteiger partial charge in [0.2, 0.25) is 0 Å². The maximum atomic E-state index is 12.5. The first-order valence-corrected chi connectivity index (χ1v) is 14.9. The van der Waals surface area contributed by atoms with Crippen LogP contribution < -0.4 is 0 Å². The van der Waals surface area contributed by atoms with Gasteiger partial charge in [-0.1, -0.05) is 78.1 Å². The summed E-state index contributed by atoms with van der Waals surface area (Å²) in [6.45, 7) is 3.77. The average molecular weight is 581 g/mol. The number of hydrogen-bond acceptors (Lipinski definition) is 12. The molecule has 0 amide bonds. The Morgan fingerprint density at radius 1 is 0.650 bits per heavy atom. The molecule has 1 aliphatic heterocycles. The molecule has 0 aromatic heterocycles. The zero-order valence-corrected chi connectivity index (χ0v) is 23.8. The van der Waals surface area contributed by atoms with Crippen molar-refractivity contribution in [1.29, 1.82) is 0 Å². The number of carbonyl (C=O) groups is 1. The topological polar surface area (TPSA) is 207 Å². The molecule has 2 fully saturated rings. The SMILES string of the molecule is CC(C)CCCCCCCCCCCCC(=O)O[C@@H]1[C@H](O)[C@@H](O)[C@H](O)[C@@H](O)[C@@H]1O[C@@H]1O[C@H](CO)[C@@H](O)[C@H](O)[C@@H]1O. The summed E-state index contributed by atoms with van der Waals surface area (Å²) in [6.07, 6.45) is -6.81. The van der Waals surface area contributed by atoms with Gasteiger partial charge in [0.1, 0.15) is 54.9 Å².